The number of nitrogens with one attached hydrogen (secondary N) is 1. The number of imidazole rings is 1. The summed E-state index contributed by atoms with van der Waals surface area (Å²) in [5.74, 6) is 0.780. The number of carbonyl (C=O) groups excluding carboxylic acids is 1. The predicted molar refractivity (Wildman–Crippen MR) is 82.9 cm³/mol. The third-order valence-corrected chi connectivity index (χ3v) is 4.15. The second-order valence-corrected chi connectivity index (χ2v) is 5.73. The molecule has 2 aromatic rings. The number of aromatic hydroxyl groups is 1. The van der Waals surface area contributed by atoms with Crippen molar-refractivity contribution < 1.29 is 14.6 Å². The van der Waals surface area contributed by atoms with Crippen LogP contribution in [-0.2, 0) is 11.8 Å². The molecule has 0 spiro atoms. The van der Waals surface area contributed by atoms with Crippen LogP contribution in [0.3, 0.4) is 0 Å². The van der Waals surface area contributed by atoms with Crippen molar-refractivity contribution in [2.45, 2.75) is 18.9 Å². The summed E-state index contributed by atoms with van der Waals surface area (Å²) in [4.78, 5) is 20.8. The Labute approximate surface area is 134 Å². The quantitative estimate of drug-likeness (QED) is 0.890. The molecule has 2 aromatic heterocycles. The molecule has 1 atom stereocenters. The van der Waals surface area contributed by atoms with E-state index in [0.717, 1.165) is 18.7 Å². The molecule has 7 heteroatoms. The van der Waals surface area contributed by atoms with Gasteiger partial charge in [-0.05, 0) is 24.8 Å². The van der Waals surface area contributed by atoms with E-state index < -0.39 is 0 Å². The first-order chi connectivity index (χ1) is 11.1. The fraction of sp³-hybridized carbons (Fsp3) is 0.438. The molecule has 23 heavy (non-hydrogen) atoms. The van der Waals surface area contributed by atoms with E-state index in [2.05, 4.69) is 15.3 Å². The van der Waals surface area contributed by atoms with Crippen LogP contribution in [0.5, 0.6) is 5.75 Å². The smallest absolute Gasteiger partial charge is 0.253 e. The number of hydrogen-bond donors (Lipinski definition) is 2. The minimum Gasteiger partial charge on any atom is -0.506 e. The van der Waals surface area contributed by atoms with Crippen LogP contribution >= 0.6 is 0 Å². The number of amides is 1. The van der Waals surface area contributed by atoms with Crippen LogP contribution in [-0.4, -0.2) is 38.8 Å². The number of carbonyl (C=O) groups is 1. The van der Waals surface area contributed by atoms with Crippen molar-refractivity contribution >= 4 is 5.91 Å². The Morgan fingerprint density at radius 2 is 2.22 bits per heavy atom. The average Bonchev–Trinajstić information content (AvgIpc) is 2.99. The summed E-state index contributed by atoms with van der Waals surface area (Å²) in [5, 5.41) is 12.5. The van der Waals surface area contributed by atoms with Gasteiger partial charge in [0.1, 0.15) is 11.6 Å². The number of aromatic nitrogens is 3. The first-order valence-corrected chi connectivity index (χ1v) is 7.65. The Hall–Kier alpha value is -2.41. The Morgan fingerprint density at radius 3 is 2.87 bits per heavy atom. The van der Waals surface area contributed by atoms with Gasteiger partial charge in [0.05, 0.1) is 17.8 Å². The zero-order valence-electron chi connectivity index (χ0n) is 13.0. The number of ether oxygens (including phenoxy) is 1. The summed E-state index contributed by atoms with van der Waals surface area (Å²) in [5.41, 5.74) is 0.330. The molecule has 3 heterocycles. The Bertz CT molecular complexity index is 679. The van der Waals surface area contributed by atoms with Crippen molar-refractivity contribution in [1.82, 2.24) is 19.9 Å². The van der Waals surface area contributed by atoms with Crippen molar-refractivity contribution in [2.24, 2.45) is 13.0 Å². The zero-order valence-corrected chi connectivity index (χ0v) is 13.0. The van der Waals surface area contributed by atoms with Gasteiger partial charge in [-0.1, -0.05) is 0 Å². The van der Waals surface area contributed by atoms with Gasteiger partial charge < -0.3 is 19.7 Å². The van der Waals surface area contributed by atoms with Crippen LogP contribution in [0.25, 0.3) is 0 Å². The highest BCUT2D eigenvalue weighted by molar-refractivity contribution is 5.94. The predicted octanol–water partition coefficient (Wildman–Crippen LogP) is 1.42. The minimum absolute atomic E-state index is 0.0303. The van der Waals surface area contributed by atoms with Crippen LogP contribution in [0, 0.1) is 5.92 Å². The molecule has 0 aliphatic carbocycles. The number of aryl methyl sites for hydroxylation is 1. The molecule has 122 valence electrons. The molecular weight excluding hydrogens is 296 g/mol. The van der Waals surface area contributed by atoms with Crippen molar-refractivity contribution in [3.8, 4) is 5.75 Å². The Balaban J connectivity index is 1.83. The van der Waals surface area contributed by atoms with Crippen LogP contribution in [0.1, 0.15) is 35.1 Å². The zero-order chi connectivity index (χ0) is 16.2. The first-order valence-electron chi connectivity index (χ1n) is 7.65. The largest absolute Gasteiger partial charge is 0.506 e. The summed E-state index contributed by atoms with van der Waals surface area (Å²) >= 11 is 0. The maximum absolute atomic E-state index is 12.5. The van der Waals surface area contributed by atoms with E-state index in [1.165, 1.54) is 18.5 Å². The highest BCUT2D eigenvalue weighted by atomic mass is 16.5. The molecule has 1 aliphatic rings. The summed E-state index contributed by atoms with van der Waals surface area (Å²) in [7, 11) is 1.91. The van der Waals surface area contributed by atoms with E-state index in [-0.39, 0.29) is 23.6 Å². The molecule has 3 rings (SSSR count). The van der Waals surface area contributed by atoms with Gasteiger partial charge in [-0.15, -0.1) is 0 Å². The van der Waals surface area contributed by atoms with E-state index in [0.29, 0.717) is 18.8 Å². The second kappa shape index (κ2) is 6.78. The summed E-state index contributed by atoms with van der Waals surface area (Å²) in [6, 6.07) is 1.20. The van der Waals surface area contributed by atoms with E-state index in [4.69, 9.17) is 4.74 Å². The third-order valence-electron chi connectivity index (χ3n) is 4.15. The number of hydrogen-bond acceptors (Lipinski definition) is 5. The van der Waals surface area contributed by atoms with E-state index in [1.807, 2.05) is 17.8 Å². The summed E-state index contributed by atoms with van der Waals surface area (Å²) in [6.07, 6.45) is 8.07. The normalized spacial score (nSPS) is 16.9. The van der Waals surface area contributed by atoms with Crippen molar-refractivity contribution in [1.29, 1.82) is 0 Å². The highest BCUT2D eigenvalue weighted by Gasteiger charge is 2.30. The number of nitrogens with zero attached hydrogens (tertiary/aromatic N) is 3. The van der Waals surface area contributed by atoms with Gasteiger partial charge in [0.25, 0.3) is 5.91 Å². The van der Waals surface area contributed by atoms with Gasteiger partial charge >= 0.3 is 0 Å². The van der Waals surface area contributed by atoms with Crippen LogP contribution < -0.4 is 5.32 Å². The summed E-state index contributed by atoms with van der Waals surface area (Å²) in [6.45, 7) is 1.38. The lowest BCUT2D eigenvalue weighted by Crippen LogP contribution is -2.37. The van der Waals surface area contributed by atoms with Crippen LogP contribution in [0.2, 0.25) is 0 Å². The maximum Gasteiger partial charge on any atom is 0.253 e. The molecule has 2 N–H and O–H groups in total. The van der Waals surface area contributed by atoms with Crippen LogP contribution in [0.15, 0.2) is 30.9 Å². The first kappa shape index (κ1) is 15.5. The van der Waals surface area contributed by atoms with Gasteiger partial charge in [-0.25, -0.2) is 4.98 Å². The van der Waals surface area contributed by atoms with E-state index in [1.54, 1.807) is 6.20 Å². The molecule has 0 radical (unpaired) electrons. The lowest BCUT2D eigenvalue weighted by atomic mass is 9.91. The van der Waals surface area contributed by atoms with Gasteiger partial charge in [-0.3, -0.25) is 9.78 Å². The molecule has 1 unspecified atom stereocenters. The third kappa shape index (κ3) is 3.50. The van der Waals surface area contributed by atoms with Gasteiger partial charge in [0, 0.05) is 38.9 Å². The summed E-state index contributed by atoms with van der Waals surface area (Å²) < 4.78 is 7.34. The highest BCUT2D eigenvalue weighted by Crippen LogP contribution is 2.29. The SMILES string of the molecule is Cn1ccnc1C(NC(=O)c1cncc(O)c1)C1CCOCC1. The van der Waals surface area contributed by atoms with Crippen molar-refractivity contribution in [3.05, 3.63) is 42.2 Å². The molecule has 0 aromatic carbocycles. The van der Waals surface area contributed by atoms with Gasteiger partial charge in [-0.2, -0.15) is 0 Å². The Morgan fingerprint density at radius 1 is 1.43 bits per heavy atom. The van der Waals surface area contributed by atoms with Gasteiger partial charge in [0.15, 0.2) is 0 Å². The fourth-order valence-corrected chi connectivity index (χ4v) is 2.90. The van der Waals surface area contributed by atoms with Crippen LogP contribution in [0.4, 0.5) is 0 Å². The Kier molecular flexibility index (Phi) is 4.57. The van der Waals surface area contributed by atoms with Crippen molar-refractivity contribution in [3.63, 3.8) is 0 Å². The molecule has 1 amide bonds. The van der Waals surface area contributed by atoms with E-state index >= 15 is 0 Å². The average molecular weight is 316 g/mol. The molecule has 0 bridgehead atoms. The molecule has 0 saturated carbocycles. The van der Waals surface area contributed by atoms with Gasteiger partial charge in [0.2, 0.25) is 0 Å². The lowest BCUT2D eigenvalue weighted by Gasteiger charge is -2.30. The number of pyridine rings is 1. The monoisotopic (exact) mass is 316 g/mol. The van der Waals surface area contributed by atoms with Crippen molar-refractivity contribution in [2.75, 3.05) is 13.2 Å². The minimum atomic E-state index is -0.270. The maximum atomic E-state index is 12.5. The standard InChI is InChI=1S/C16H20N4O3/c1-20-5-4-18-15(20)14(11-2-6-23-7-3-11)19-16(22)12-8-13(21)10-17-9-12/h4-5,8-11,14,21H,2-3,6-7H2,1H3,(H,19,22). The fourth-order valence-electron chi connectivity index (χ4n) is 2.90. The molecule has 7 nitrogen and oxygen atoms in total. The molecule has 1 saturated heterocycles. The second-order valence-electron chi connectivity index (χ2n) is 5.73. The molecular formula is C16H20N4O3. The van der Waals surface area contributed by atoms with E-state index in [9.17, 15) is 9.90 Å². The number of rotatable bonds is 4. The molecule has 1 fully saturated rings. The molecule has 1 aliphatic heterocycles. The lowest BCUT2D eigenvalue weighted by molar-refractivity contribution is 0.0499. The topological polar surface area (TPSA) is 89.3 Å².